The summed E-state index contributed by atoms with van der Waals surface area (Å²) < 4.78 is 1.07. The van der Waals surface area contributed by atoms with Crippen LogP contribution in [0, 0.1) is 5.92 Å². The second-order valence-electron chi connectivity index (χ2n) is 5.72. The van der Waals surface area contributed by atoms with Gasteiger partial charge in [-0.1, -0.05) is 78.7 Å². The molecule has 2 heteroatoms. The van der Waals surface area contributed by atoms with Crippen molar-refractivity contribution in [1.82, 2.24) is 0 Å². The van der Waals surface area contributed by atoms with Gasteiger partial charge in [0.15, 0.2) is 0 Å². The van der Waals surface area contributed by atoms with E-state index >= 15 is 0 Å². The molecule has 2 rings (SSSR count). The van der Waals surface area contributed by atoms with Crippen LogP contribution in [-0.4, -0.2) is 11.2 Å². The second kappa shape index (κ2) is 7.77. The summed E-state index contributed by atoms with van der Waals surface area (Å²) in [6.07, 6.45) is 1.40. The third-order valence-electron chi connectivity index (χ3n) is 4.21. The van der Waals surface area contributed by atoms with Crippen molar-refractivity contribution in [1.29, 1.82) is 0 Å². The summed E-state index contributed by atoms with van der Waals surface area (Å²) in [5.41, 5.74) is 2.41. The summed E-state index contributed by atoms with van der Waals surface area (Å²) in [6, 6.07) is 18.6. The number of halogens is 1. The van der Waals surface area contributed by atoms with E-state index in [0.717, 1.165) is 10.9 Å². The molecule has 0 spiro atoms. The van der Waals surface area contributed by atoms with E-state index in [9.17, 15) is 5.11 Å². The second-order valence-corrected chi connectivity index (χ2v) is 6.64. The molecule has 0 bridgehead atoms. The van der Waals surface area contributed by atoms with Gasteiger partial charge in [-0.25, -0.2) is 0 Å². The van der Waals surface area contributed by atoms with Crippen molar-refractivity contribution in [2.24, 2.45) is 5.92 Å². The molecule has 0 aliphatic heterocycles. The molecule has 0 amide bonds. The predicted octanol–water partition coefficient (Wildman–Crippen LogP) is 5.18. The maximum Gasteiger partial charge on any atom is 0.0651 e. The van der Waals surface area contributed by atoms with Gasteiger partial charge in [0.05, 0.1) is 6.10 Å². The highest BCUT2D eigenvalue weighted by atomic mass is 79.9. The van der Waals surface area contributed by atoms with Crippen LogP contribution >= 0.6 is 15.9 Å². The molecule has 0 aliphatic carbocycles. The number of benzene rings is 2. The zero-order valence-electron chi connectivity index (χ0n) is 12.7. The Kier molecular flexibility index (Phi) is 6.01. The summed E-state index contributed by atoms with van der Waals surface area (Å²) in [7, 11) is 0. The van der Waals surface area contributed by atoms with Gasteiger partial charge < -0.3 is 5.11 Å². The van der Waals surface area contributed by atoms with Crippen LogP contribution in [0.2, 0.25) is 0 Å². The largest absolute Gasteiger partial charge is 0.392 e. The van der Waals surface area contributed by atoms with E-state index in [1.807, 2.05) is 18.2 Å². The van der Waals surface area contributed by atoms with E-state index in [-0.39, 0.29) is 12.0 Å². The Balaban J connectivity index is 2.18. The molecule has 3 atom stereocenters. The van der Waals surface area contributed by atoms with E-state index < -0.39 is 0 Å². The first-order chi connectivity index (χ1) is 10.1. The SMILES string of the molecule is CCC(C)C(c1ccccc1)C(O)Cc1ccc(Br)cc1. The van der Waals surface area contributed by atoms with E-state index in [2.05, 4.69) is 66.2 Å². The molecule has 2 aromatic rings. The van der Waals surface area contributed by atoms with Crippen molar-refractivity contribution in [3.05, 3.63) is 70.2 Å². The first kappa shape index (κ1) is 16.3. The lowest BCUT2D eigenvalue weighted by Crippen LogP contribution is -2.26. The van der Waals surface area contributed by atoms with E-state index in [0.29, 0.717) is 12.3 Å². The van der Waals surface area contributed by atoms with Crippen LogP contribution < -0.4 is 0 Å². The van der Waals surface area contributed by atoms with Crippen LogP contribution in [0.4, 0.5) is 0 Å². The molecule has 0 heterocycles. The van der Waals surface area contributed by atoms with Gasteiger partial charge in [-0.2, -0.15) is 0 Å². The van der Waals surface area contributed by atoms with Gasteiger partial charge in [0.1, 0.15) is 0 Å². The van der Waals surface area contributed by atoms with Gasteiger partial charge in [-0.05, 0) is 35.6 Å². The van der Waals surface area contributed by atoms with Crippen molar-refractivity contribution < 1.29 is 5.11 Å². The highest BCUT2D eigenvalue weighted by Gasteiger charge is 2.26. The third kappa shape index (κ3) is 4.42. The summed E-state index contributed by atoms with van der Waals surface area (Å²) in [5, 5.41) is 10.8. The van der Waals surface area contributed by atoms with Crippen LogP contribution in [0.1, 0.15) is 37.3 Å². The average molecular weight is 347 g/mol. The molecule has 0 aliphatic rings. The minimum atomic E-state index is -0.358. The quantitative estimate of drug-likeness (QED) is 0.763. The highest BCUT2D eigenvalue weighted by Crippen LogP contribution is 2.31. The number of aliphatic hydroxyl groups is 1. The Morgan fingerprint density at radius 1 is 1.00 bits per heavy atom. The molecular formula is C19H23BrO. The van der Waals surface area contributed by atoms with Crippen LogP contribution in [0.3, 0.4) is 0 Å². The smallest absolute Gasteiger partial charge is 0.0651 e. The summed E-state index contributed by atoms with van der Waals surface area (Å²) in [6.45, 7) is 4.41. The average Bonchev–Trinajstić information content (AvgIpc) is 2.50. The summed E-state index contributed by atoms with van der Waals surface area (Å²) in [5.74, 6) is 0.637. The van der Waals surface area contributed by atoms with Gasteiger partial charge in [-0.15, -0.1) is 0 Å². The fourth-order valence-corrected chi connectivity index (χ4v) is 3.11. The zero-order chi connectivity index (χ0) is 15.2. The molecule has 1 N–H and O–H groups in total. The lowest BCUT2D eigenvalue weighted by Gasteiger charge is -2.28. The Bertz CT molecular complexity index is 535. The lowest BCUT2D eigenvalue weighted by atomic mass is 9.79. The maximum atomic E-state index is 10.8. The fourth-order valence-electron chi connectivity index (χ4n) is 2.85. The molecule has 0 fully saturated rings. The Morgan fingerprint density at radius 2 is 1.62 bits per heavy atom. The molecular weight excluding hydrogens is 324 g/mol. The van der Waals surface area contributed by atoms with Crippen LogP contribution in [0.5, 0.6) is 0 Å². The zero-order valence-corrected chi connectivity index (χ0v) is 14.3. The van der Waals surface area contributed by atoms with Gasteiger partial charge >= 0.3 is 0 Å². The first-order valence-electron chi connectivity index (χ1n) is 7.59. The van der Waals surface area contributed by atoms with Gasteiger partial charge in [0.25, 0.3) is 0 Å². The van der Waals surface area contributed by atoms with Crippen molar-refractivity contribution in [2.45, 2.75) is 38.7 Å². The molecule has 21 heavy (non-hydrogen) atoms. The number of aliphatic hydroxyl groups excluding tert-OH is 1. The standard InChI is InChI=1S/C19H23BrO/c1-3-14(2)19(16-7-5-4-6-8-16)18(21)13-15-9-11-17(20)12-10-15/h4-12,14,18-19,21H,3,13H2,1-2H3. The molecule has 3 unspecified atom stereocenters. The minimum absolute atomic E-state index is 0.180. The number of hydrogen-bond acceptors (Lipinski definition) is 1. The molecule has 0 aromatic heterocycles. The molecule has 0 saturated heterocycles. The highest BCUT2D eigenvalue weighted by molar-refractivity contribution is 9.10. The van der Waals surface area contributed by atoms with E-state index in [1.165, 1.54) is 11.1 Å². The summed E-state index contributed by atoms with van der Waals surface area (Å²) in [4.78, 5) is 0. The predicted molar refractivity (Wildman–Crippen MR) is 92.5 cm³/mol. The van der Waals surface area contributed by atoms with E-state index in [1.54, 1.807) is 0 Å². The topological polar surface area (TPSA) is 20.2 Å². The van der Waals surface area contributed by atoms with Crippen LogP contribution in [0.15, 0.2) is 59.1 Å². The molecule has 2 aromatic carbocycles. The Labute approximate surface area is 136 Å². The molecule has 112 valence electrons. The van der Waals surface area contributed by atoms with Gasteiger partial charge in [0.2, 0.25) is 0 Å². The van der Waals surface area contributed by atoms with Crippen molar-refractivity contribution in [3.63, 3.8) is 0 Å². The number of rotatable bonds is 6. The fraction of sp³-hybridized carbons (Fsp3) is 0.368. The minimum Gasteiger partial charge on any atom is -0.392 e. The molecule has 0 radical (unpaired) electrons. The lowest BCUT2D eigenvalue weighted by molar-refractivity contribution is 0.117. The van der Waals surface area contributed by atoms with Crippen molar-refractivity contribution in [2.75, 3.05) is 0 Å². The Morgan fingerprint density at radius 3 is 2.19 bits per heavy atom. The van der Waals surface area contributed by atoms with Crippen LogP contribution in [-0.2, 0) is 6.42 Å². The van der Waals surface area contributed by atoms with Crippen LogP contribution in [0.25, 0.3) is 0 Å². The number of hydrogen-bond donors (Lipinski definition) is 1. The normalized spacial score (nSPS) is 15.4. The van der Waals surface area contributed by atoms with E-state index in [4.69, 9.17) is 0 Å². The summed E-state index contributed by atoms with van der Waals surface area (Å²) >= 11 is 3.45. The Hall–Kier alpha value is -1.12. The van der Waals surface area contributed by atoms with Crippen molar-refractivity contribution >= 4 is 15.9 Å². The maximum absolute atomic E-state index is 10.8. The van der Waals surface area contributed by atoms with Gasteiger partial charge in [-0.3, -0.25) is 0 Å². The third-order valence-corrected chi connectivity index (χ3v) is 4.74. The molecule has 0 saturated carbocycles. The monoisotopic (exact) mass is 346 g/mol. The first-order valence-corrected chi connectivity index (χ1v) is 8.38. The molecule has 1 nitrogen and oxygen atoms in total. The van der Waals surface area contributed by atoms with Crippen molar-refractivity contribution in [3.8, 4) is 0 Å². The van der Waals surface area contributed by atoms with Gasteiger partial charge in [0, 0.05) is 10.4 Å².